The van der Waals surface area contributed by atoms with E-state index in [1.807, 2.05) is 79.7 Å². The molecule has 2 aromatic heterocycles. The molecule has 1 atom stereocenters. The highest BCUT2D eigenvalue weighted by molar-refractivity contribution is 6.07. The van der Waals surface area contributed by atoms with Gasteiger partial charge >= 0.3 is 6.03 Å². The lowest BCUT2D eigenvalue weighted by Gasteiger charge is -2.15. The fraction of sp³-hybridized carbons (Fsp3) is 0.257. The molecule has 3 amide bonds. The van der Waals surface area contributed by atoms with Gasteiger partial charge in [-0.3, -0.25) is 10.1 Å². The Hall–Kier alpha value is -5.22. The monoisotopic (exact) mass is 606 g/mol. The lowest BCUT2D eigenvalue weighted by Crippen LogP contribution is -2.26. The van der Waals surface area contributed by atoms with E-state index in [1.54, 1.807) is 23.9 Å². The molecule has 0 saturated heterocycles. The van der Waals surface area contributed by atoms with Crippen LogP contribution in [0.15, 0.2) is 85.1 Å². The van der Waals surface area contributed by atoms with E-state index in [1.165, 1.54) is 7.11 Å². The number of fused-ring (bicyclic) bond motifs is 1. The molecule has 45 heavy (non-hydrogen) atoms. The molecular weight excluding hydrogens is 568 g/mol. The van der Waals surface area contributed by atoms with E-state index >= 15 is 0 Å². The van der Waals surface area contributed by atoms with E-state index in [9.17, 15) is 9.59 Å². The summed E-state index contributed by atoms with van der Waals surface area (Å²) in [5, 5.41) is 15.2. The van der Waals surface area contributed by atoms with Crippen LogP contribution in [-0.2, 0) is 21.6 Å². The van der Waals surface area contributed by atoms with E-state index in [0.717, 1.165) is 33.3 Å². The molecule has 5 rings (SSSR count). The van der Waals surface area contributed by atoms with Gasteiger partial charge in [-0.15, -0.1) is 0 Å². The Kier molecular flexibility index (Phi) is 9.15. The van der Waals surface area contributed by atoms with Crippen molar-refractivity contribution in [1.29, 1.82) is 0 Å². The van der Waals surface area contributed by atoms with Gasteiger partial charge in [-0.1, -0.05) is 62.7 Å². The van der Waals surface area contributed by atoms with Crippen LogP contribution in [0.5, 0.6) is 5.75 Å². The number of pyridine rings is 1. The largest absolute Gasteiger partial charge is 0.488 e. The number of hydrogen-bond donors (Lipinski definition) is 3. The number of benzene rings is 3. The third-order valence-corrected chi connectivity index (χ3v) is 7.32. The average Bonchev–Trinajstić information content (AvgIpc) is 3.45. The molecule has 10 nitrogen and oxygen atoms in total. The number of hydrogen-bond acceptors (Lipinski definition) is 6. The number of urea groups is 1. The van der Waals surface area contributed by atoms with Gasteiger partial charge in [0, 0.05) is 35.6 Å². The Bertz CT molecular complexity index is 1820. The number of aromatic nitrogens is 3. The molecule has 5 aromatic rings. The maximum atomic E-state index is 13.3. The van der Waals surface area contributed by atoms with E-state index in [2.05, 4.69) is 41.7 Å². The Morgan fingerprint density at radius 2 is 1.64 bits per heavy atom. The second-order valence-electron chi connectivity index (χ2n) is 11.9. The van der Waals surface area contributed by atoms with Crippen LogP contribution < -0.4 is 20.7 Å². The maximum Gasteiger partial charge on any atom is 0.324 e. The zero-order valence-corrected chi connectivity index (χ0v) is 26.3. The van der Waals surface area contributed by atoms with Crippen LogP contribution in [0.1, 0.15) is 44.5 Å². The van der Waals surface area contributed by atoms with Crippen molar-refractivity contribution in [2.45, 2.75) is 52.7 Å². The number of aryl methyl sites for hydroxylation is 1. The second kappa shape index (κ2) is 13.2. The average molecular weight is 607 g/mol. The molecule has 0 aliphatic rings. The lowest BCUT2D eigenvalue weighted by atomic mass is 9.92. The SMILES string of the molecule is COC(C)C(=O)Nc1cc(COc2ccc(NC(=O)Nc3cc(C(C)(C)C)nn3-c3ccc(C)cc3)c3ccccc23)ccn1. The zero-order chi connectivity index (χ0) is 32.1. The van der Waals surface area contributed by atoms with Crippen molar-refractivity contribution in [2.24, 2.45) is 0 Å². The number of ether oxygens (including phenoxy) is 2. The van der Waals surface area contributed by atoms with E-state index in [-0.39, 0.29) is 17.9 Å². The minimum absolute atomic E-state index is 0.205. The van der Waals surface area contributed by atoms with Gasteiger partial charge in [0.25, 0.3) is 5.91 Å². The molecule has 0 radical (unpaired) electrons. The first-order valence-electron chi connectivity index (χ1n) is 14.7. The van der Waals surface area contributed by atoms with Gasteiger partial charge in [0.1, 0.15) is 30.1 Å². The number of carbonyl (C=O) groups is 2. The molecule has 0 bridgehead atoms. The highest BCUT2D eigenvalue weighted by atomic mass is 16.5. The van der Waals surface area contributed by atoms with Crippen molar-refractivity contribution in [3.63, 3.8) is 0 Å². The lowest BCUT2D eigenvalue weighted by molar-refractivity contribution is -0.124. The molecule has 0 saturated carbocycles. The van der Waals surface area contributed by atoms with Crippen LogP contribution in [0.2, 0.25) is 0 Å². The van der Waals surface area contributed by atoms with Crippen molar-refractivity contribution < 1.29 is 19.1 Å². The van der Waals surface area contributed by atoms with E-state index in [0.29, 0.717) is 23.1 Å². The standard InChI is InChI=1S/C35H38N6O4/c1-22-11-13-25(14-12-22)41-32(20-30(40-41)35(3,4)5)39-34(43)37-28-15-16-29(27-10-8-7-9-26(27)28)45-21-24-17-18-36-31(19-24)38-33(42)23(2)44-6/h7-20,23H,21H2,1-6H3,(H,36,38,42)(H2,37,39,43). The molecule has 1 unspecified atom stereocenters. The fourth-order valence-corrected chi connectivity index (χ4v) is 4.62. The number of rotatable bonds is 9. The predicted octanol–water partition coefficient (Wildman–Crippen LogP) is 7.22. The van der Waals surface area contributed by atoms with Gasteiger partial charge in [-0.2, -0.15) is 5.10 Å². The normalized spacial score (nSPS) is 12.0. The highest BCUT2D eigenvalue weighted by Crippen LogP contribution is 2.33. The van der Waals surface area contributed by atoms with Crippen molar-refractivity contribution in [1.82, 2.24) is 14.8 Å². The molecular formula is C35H38N6O4. The van der Waals surface area contributed by atoms with E-state index in [4.69, 9.17) is 14.6 Å². The fourth-order valence-electron chi connectivity index (χ4n) is 4.62. The summed E-state index contributed by atoms with van der Waals surface area (Å²) in [6, 6.07) is 24.5. The van der Waals surface area contributed by atoms with Gasteiger partial charge in [0.2, 0.25) is 0 Å². The van der Waals surface area contributed by atoms with Crippen LogP contribution in [0, 0.1) is 6.92 Å². The minimum atomic E-state index is -0.594. The number of anilines is 3. The number of amides is 3. The zero-order valence-electron chi connectivity index (χ0n) is 26.3. The summed E-state index contributed by atoms with van der Waals surface area (Å²) in [6.07, 6.45) is 1.02. The first-order chi connectivity index (χ1) is 21.5. The van der Waals surface area contributed by atoms with Crippen LogP contribution in [-0.4, -0.2) is 39.9 Å². The first-order valence-corrected chi connectivity index (χ1v) is 14.7. The maximum absolute atomic E-state index is 13.3. The summed E-state index contributed by atoms with van der Waals surface area (Å²) in [5.74, 6) is 1.35. The summed E-state index contributed by atoms with van der Waals surface area (Å²) in [5.41, 5.74) is 4.11. The summed E-state index contributed by atoms with van der Waals surface area (Å²) in [4.78, 5) is 29.7. The van der Waals surface area contributed by atoms with Crippen molar-refractivity contribution >= 4 is 40.0 Å². The molecule has 0 fully saturated rings. The third-order valence-electron chi connectivity index (χ3n) is 7.32. The van der Waals surface area contributed by atoms with Crippen molar-refractivity contribution in [3.05, 3.63) is 102 Å². The van der Waals surface area contributed by atoms with Crippen LogP contribution >= 0.6 is 0 Å². The van der Waals surface area contributed by atoms with E-state index < -0.39 is 12.1 Å². The molecule has 2 heterocycles. The number of nitrogens with zero attached hydrogens (tertiary/aromatic N) is 3. The Morgan fingerprint density at radius 1 is 0.911 bits per heavy atom. The summed E-state index contributed by atoms with van der Waals surface area (Å²) in [6.45, 7) is 10.2. The topological polar surface area (TPSA) is 119 Å². The van der Waals surface area contributed by atoms with Crippen LogP contribution in [0.4, 0.5) is 22.1 Å². The summed E-state index contributed by atoms with van der Waals surface area (Å²) in [7, 11) is 1.48. The number of carbonyl (C=O) groups excluding carboxylic acids is 2. The van der Waals surface area contributed by atoms with Gasteiger partial charge in [0.15, 0.2) is 0 Å². The number of nitrogens with one attached hydrogen (secondary N) is 3. The smallest absolute Gasteiger partial charge is 0.324 e. The quantitative estimate of drug-likeness (QED) is 0.163. The molecule has 3 N–H and O–H groups in total. The molecule has 10 heteroatoms. The van der Waals surface area contributed by atoms with Crippen LogP contribution in [0.25, 0.3) is 16.5 Å². The third kappa shape index (κ3) is 7.47. The molecule has 0 aliphatic heterocycles. The first kappa shape index (κ1) is 31.2. The Balaban J connectivity index is 1.33. The van der Waals surface area contributed by atoms with Crippen molar-refractivity contribution in [3.8, 4) is 11.4 Å². The predicted molar refractivity (Wildman–Crippen MR) is 177 cm³/mol. The molecule has 232 valence electrons. The van der Waals surface area contributed by atoms with Gasteiger partial charge in [0.05, 0.1) is 17.1 Å². The summed E-state index contributed by atoms with van der Waals surface area (Å²) < 4.78 is 13.0. The molecule has 3 aromatic carbocycles. The minimum Gasteiger partial charge on any atom is -0.488 e. The summed E-state index contributed by atoms with van der Waals surface area (Å²) >= 11 is 0. The Labute approximate surface area is 262 Å². The Morgan fingerprint density at radius 3 is 2.36 bits per heavy atom. The van der Waals surface area contributed by atoms with Crippen LogP contribution in [0.3, 0.4) is 0 Å². The highest BCUT2D eigenvalue weighted by Gasteiger charge is 2.22. The number of methoxy groups -OCH3 is 1. The molecule has 0 aliphatic carbocycles. The van der Waals surface area contributed by atoms with Gasteiger partial charge in [-0.25, -0.2) is 14.5 Å². The van der Waals surface area contributed by atoms with Gasteiger partial charge < -0.3 is 20.1 Å². The second-order valence-corrected chi connectivity index (χ2v) is 11.9. The molecule has 0 spiro atoms. The van der Waals surface area contributed by atoms with Crippen molar-refractivity contribution in [2.75, 3.05) is 23.1 Å². The van der Waals surface area contributed by atoms with Gasteiger partial charge in [-0.05, 0) is 55.8 Å².